The number of hydrogen-bond donors (Lipinski definition) is 1. The Morgan fingerprint density at radius 3 is 2.85 bits per heavy atom. The van der Waals surface area contributed by atoms with Crippen LogP contribution in [0, 0.1) is 19.8 Å². The maximum Gasteiger partial charge on any atom is 0.128 e. The van der Waals surface area contributed by atoms with Crippen molar-refractivity contribution in [1.29, 1.82) is 0 Å². The fourth-order valence-corrected chi connectivity index (χ4v) is 3.93. The molecule has 6 nitrogen and oxygen atoms in total. The Morgan fingerprint density at radius 2 is 2.12 bits per heavy atom. The molecule has 0 amide bonds. The van der Waals surface area contributed by atoms with Crippen LogP contribution in [0.25, 0.3) is 0 Å². The molecule has 1 N–H and O–H groups in total. The minimum Gasteiger partial charge on any atom is -0.496 e. The molecule has 0 bridgehead atoms. The SMILES string of the molecule is COc1c(C)cnc(CN2CCCn3nc([C@@H](O)C4CC4)cc3C2)c1C. The van der Waals surface area contributed by atoms with E-state index in [9.17, 15) is 5.11 Å². The summed E-state index contributed by atoms with van der Waals surface area (Å²) in [5, 5.41) is 15.1. The van der Waals surface area contributed by atoms with Crippen LogP contribution in [0.5, 0.6) is 5.75 Å². The van der Waals surface area contributed by atoms with Crippen LogP contribution in [-0.2, 0) is 19.6 Å². The Bertz CT molecular complexity index is 797. The van der Waals surface area contributed by atoms with Gasteiger partial charge in [-0.3, -0.25) is 14.6 Å². The summed E-state index contributed by atoms with van der Waals surface area (Å²) in [5.41, 5.74) is 5.29. The molecule has 3 heterocycles. The van der Waals surface area contributed by atoms with Gasteiger partial charge in [0.25, 0.3) is 0 Å². The first kappa shape index (κ1) is 17.5. The normalized spacial score (nSPS) is 19.1. The number of methoxy groups -OCH3 is 1. The van der Waals surface area contributed by atoms with Gasteiger partial charge in [0.1, 0.15) is 11.9 Å². The van der Waals surface area contributed by atoms with Gasteiger partial charge >= 0.3 is 0 Å². The van der Waals surface area contributed by atoms with Crippen LogP contribution in [0.2, 0.25) is 0 Å². The highest BCUT2D eigenvalue weighted by Gasteiger charge is 2.33. The zero-order valence-corrected chi connectivity index (χ0v) is 15.9. The molecule has 2 aromatic rings. The van der Waals surface area contributed by atoms with Crippen LogP contribution in [-0.4, -0.2) is 38.4 Å². The van der Waals surface area contributed by atoms with Crippen molar-refractivity contribution in [3.63, 3.8) is 0 Å². The van der Waals surface area contributed by atoms with Gasteiger partial charge in [0.05, 0.1) is 24.2 Å². The summed E-state index contributed by atoms with van der Waals surface area (Å²) in [7, 11) is 1.72. The molecule has 2 aromatic heterocycles. The van der Waals surface area contributed by atoms with Gasteiger partial charge < -0.3 is 9.84 Å². The third-order valence-corrected chi connectivity index (χ3v) is 5.61. The first-order valence-corrected chi connectivity index (χ1v) is 9.53. The van der Waals surface area contributed by atoms with Gasteiger partial charge in [-0.1, -0.05) is 0 Å². The molecule has 0 saturated heterocycles. The minimum absolute atomic E-state index is 0.395. The van der Waals surface area contributed by atoms with Gasteiger partial charge in [-0.05, 0) is 45.1 Å². The topological polar surface area (TPSA) is 63.4 Å². The fourth-order valence-electron chi connectivity index (χ4n) is 3.93. The van der Waals surface area contributed by atoms with Crippen molar-refractivity contribution in [3.8, 4) is 5.75 Å². The van der Waals surface area contributed by atoms with E-state index in [4.69, 9.17) is 4.74 Å². The molecule has 0 unspecified atom stereocenters. The Balaban J connectivity index is 1.52. The standard InChI is InChI=1S/C20H28N4O2/c1-13-10-21-18(14(2)20(13)26-3)12-23-7-4-8-24-16(11-23)9-17(22-24)19(25)15-5-6-15/h9-10,15,19,25H,4-8,11-12H2,1-3H3/t19-/m0/s1. The summed E-state index contributed by atoms with van der Waals surface area (Å²) < 4.78 is 7.62. The van der Waals surface area contributed by atoms with Gasteiger partial charge in [-0.15, -0.1) is 0 Å². The molecular formula is C20H28N4O2. The summed E-state index contributed by atoms with van der Waals surface area (Å²) in [4.78, 5) is 7.06. The molecule has 26 heavy (non-hydrogen) atoms. The first-order valence-electron chi connectivity index (χ1n) is 9.53. The molecule has 6 heteroatoms. The van der Waals surface area contributed by atoms with Crippen molar-refractivity contribution in [2.24, 2.45) is 5.92 Å². The molecule has 1 atom stereocenters. The van der Waals surface area contributed by atoms with Crippen LogP contribution in [0.1, 0.15) is 53.6 Å². The zero-order valence-electron chi connectivity index (χ0n) is 15.9. The summed E-state index contributed by atoms with van der Waals surface area (Å²) >= 11 is 0. The number of fused-ring (bicyclic) bond motifs is 1. The molecule has 0 spiro atoms. The first-order chi connectivity index (χ1) is 12.6. The number of pyridine rings is 1. The smallest absolute Gasteiger partial charge is 0.128 e. The van der Waals surface area contributed by atoms with E-state index >= 15 is 0 Å². The molecule has 140 valence electrons. The van der Waals surface area contributed by atoms with E-state index < -0.39 is 6.10 Å². The number of aromatic nitrogens is 3. The van der Waals surface area contributed by atoms with Crippen molar-refractivity contribution in [2.75, 3.05) is 13.7 Å². The number of aliphatic hydroxyl groups is 1. The maximum atomic E-state index is 10.4. The number of aliphatic hydroxyl groups excluding tert-OH is 1. The van der Waals surface area contributed by atoms with E-state index in [1.54, 1.807) is 7.11 Å². The second-order valence-corrected chi connectivity index (χ2v) is 7.68. The van der Waals surface area contributed by atoms with E-state index in [1.807, 2.05) is 13.1 Å². The lowest BCUT2D eigenvalue weighted by Gasteiger charge is -2.21. The summed E-state index contributed by atoms with van der Waals surface area (Å²) in [6.45, 7) is 7.67. The lowest BCUT2D eigenvalue weighted by Crippen LogP contribution is -2.24. The molecule has 1 saturated carbocycles. The number of hydrogen-bond acceptors (Lipinski definition) is 5. The Labute approximate surface area is 154 Å². The van der Waals surface area contributed by atoms with Crippen molar-refractivity contribution >= 4 is 0 Å². The van der Waals surface area contributed by atoms with E-state index in [0.29, 0.717) is 5.92 Å². The van der Waals surface area contributed by atoms with Gasteiger partial charge in [0.2, 0.25) is 0 Å². The zero-order chi connectivity index (χ0) is 18.3. The van der Waals surface area contributed by atoms with Gasteiger partial charge in [-0.25, -0.2) is 0 Å². The van der Waals surface area contributed by atoms with Gasteiger partial charge in [0.15, 0.2) is 0 Å². The minimum atomic E-state index is -0.395. The van der Waals surface area contributed by atoms with Crippen molar-refractivity contribution in [2.45, 2.75) is 58.8 Å². The summed E-state index contributed by atoms with van der Waals surface area (Å²) in [5.74, 6) is 1.35. The van der Waals surface area contributed by atoms with Crippen molar-refractivity contribution < 1.29 is 9.84 Å². The second kappa shape index (κ2) is 7.00. The second-order valence-electron chi connectivity index (χ2n) is 7.68. The fraction of sp³-hybridized carbons (Fsp3) is 0.600. The van der Waals surface area contributed by atoms with Gasteiger partial charge in [-0.2, -0.15) is 5.10 Å². The van der Waals surface area contributed by atoms with Crippen LogP contribution in [0.3, 0.4) is 0 Å². The summed E-state index contributed by atoms with van der Waals surface area (Å²) in [6.07, 6.45) is 4.79. The highest BCUT2D eigenvalue weighted by molar-refractivity contribution is 5.41. The van der Waals surface area contributed by atoms with E-state index in [1.165, 1.54) is 5.69 Å². The number of rotatable bonds is 5. The maximum absolute atomic E-state index is 10.4. The molecule has 1 fully saturated rings. The molecule has 0 radical (unpaired) electrons. The van der Waals surface area contributed by atoms with Crippen LogP contribution >= 0.6 is 0 Å². The molecule has 0 aromatic carbocycles. The van der Waals surface area contributed by atoms with Crippen molar-refractivity contribution in [3.05, 3.63) is 40.5 Å². The molecule has 1 aliphatic heterocycles. The van der Waals surface area contributed by atoms with E-state index in [-0.39, 0.29) is 0 Å². The lowest BCUT2D eigenvalue weighted by atomic mass is 10.1. The van der Waals surface area contributed by atoms with E-state index in [2.05, 4.69) is 32.7 Å². The summed E-state index contributed by atoms with van der Waals surface area (Å²) in [6, 6.07) is 2.09. The average Bonchev–Trinajstić information content (AvgIpc) is 3.42. The largest absolute Gasteiger partial charge is 0.496 e. The third kappa shape index (κ3) is 3.35. The lowest BCUT2D eigenvalue weighted by molar-refractivity contribution is 0.148. The van der Waals surface area contributed by atoms with Crippen LogP contribution in [0.15, 0.2) is 12.3 Å². The van der Waals surface area contributed by atoms with Crippen LogP contribution in [0.4, 0.5) is 0 Å². The third-order valence-electron chi connectivity index (χ3n) is 5.61. The highest BCUT2D eigenvalue weighted by atomic mass is 16.5. The van der Waals surface area contributed by atoms with Crippen LogP contribution < -0.4 is 4.74 Å². The van der Waals surface area contributed by atoms with Crippen molar-refractivity contribution in [1.82, 2.24) is 19.7 Å². The highest BCUT2D eigenvalue weighted by Crippen LogP contribution is 2.40. The quantitative estimate of drug-likeness (QED) is 0.892. The Kier molecular flexibility index (Phi) is 4.71. The molecule has 1 aliphatic carbocycles. The number of nitrogens with zero attached hydrogens (tertiary/aromatic N) is 4. The monoisotopic (exact) mass is 356 g/mol. The molecular weight excluding hydrogens is 328 g/mol. The van der Waals surface area contributed by atoms with Gasteiger partial charge in [0, 0.05) is 43.5 Å². The number of ether oxygens (including phenoxy) is 1. The van der Waals surface area contributed by atoms with E-state index in [0.717, 1.165) is 73.7 Å². The average molecular weight is 356 g/mol. The predicted octanol–water partition coefficient (Wildman–Crippen LogP) is 2.75. The Morgan fingerprint density at radius 1 is 1.31 bits per heavy atom. The number of aryl methyl sites for hydroxylation is 2. The molecule has 4 rings (SSSR count). The Hall–Kier alpha value is -1.92. The predicted molar refractivity (Wildman–Crippen MR) is 98.9 cm³/mol. The molecule has 2 aliphatic rings.